The van der Waals surface area contributed by atoms with Crippen molar-refractivity contribution in [1.82, 2.24) is 9.55 Å². The number of amides is 2. The third kappa shape index (κ3) is 2.64. The summed E-state index contributed by atoms with van der Waals surface area (Å²) in [5, 5.41) is 15.8. The first-order valence-electron chi connectivity index (χ1n) is 6.40. The SMILES string of the molecule is Cn1ccc2cc(NC(=O)Nc3ncccc3O)ccc21. The van der Waals surface area contributed by atoms with Crippen LogP contribution in [-0.4, -0.2) is 20.7 Å². The average Bonchev–Trinajstić information content (AvgIpc) is 2.82. The van der Waals surface area contributed by atoms with E-state index in [0.717, 1.165) is 10.9 Å². The molecule has 6 heteroatoms. The summed E-state index contributed by atoms with van der Waals surface area (Å²) in [5.41, 5.74) is 1.75. The van der Waals surface area contributed by atoms with Gasteiger partial charge >= 0.3 is 6.03 Å². The second-order valence-corrected chi connectivity index (χ2v) is 4.65. The summed E-state index contributed by atoms with van der Waals surface area (Å²) in [5.74, 6) is 0.0435. The molecule has 6 nitrogen and oxygen atoms in total. The van der Waals surface area contributed by atoms with Crippen molar-refractivity contribution in [2.24, 2.45) is 7.05 Å². The number of aryl methyl sites for hydroxylation is 1. The number of benzene rings is 1. The van der Waals surface area contributed by atoms with Crippen LogP contribution in [0.4, 0.5) is 16.3 Å². The van der Waals surface area contributed by atoms with Crippen LogP contribution >= 0.6 is 0 Å². The summed E-state index contributed by atoms with van der Waals surface area (Å²) in [6.45, 7) is 0. The minimum absolute atomic E-state index is 0.0776. The van der Waals surface area contributed by atoms with E-state index in [-0.39, 0.29) is 11.6 Å². The number of hydrogen-bond donors (Lipinski definition) is 3. The number of urea groups is 1. The number of fused-ring (bicyclic) bond motifs is 1. The first-order valence-corrected chi connectivity index (χ1v) is 6.40. The Morgan fingerprint density at radius 3 is 2.90 bits per heavy atom. The summed E-state index contributed by atoms with van der Waals surface area (Å²) < 4.78 is 2.01. The second-order valence-electron chi connectivity index (χ2n) is 4.65. The van der Waals surface area contributed by atoms with Gasteiger partial charge in [-0.05, 0) is 36.4 Å². The Kier molecular flexibility index (Phi) is 3.19. The minimum Gasteiger partial charge on any atom is -0.504 e. The summed E-state index contributed by atoms with van der Waals surface area (Å²) in [6.07, 6.45) is 3.45. The average molecular weight is 282 g/mol. The number of aromatic hydroxyl groups is 1. The van der Waals surface area contributed by atoms with Gasteiger partial charge in [-0.1, -0.05) is 0 Å². The van der Waals surface area contributed by atoms with Gasteiger partial charge in [0.25, 0.3) is 0 Å². The first-order chi connectivity index (χ1) is 10.1. The van der Waals surface area contributed by atoms with Crippen LogP contribution in [-0.2, 0) is 7.05 Å². The van der Waals surface area contributed by atoms with Crippen LogP contribution in [0, 0.1) is 0 Å². The number of carbonyl (C=O) groups excluding carboxylic acids is 1. The Labute approximate surface area is 121 Å². The predicted molar refractivity (Wildman–Crippen MR) is 81.5 cm³/mol. The summed E-state index contributed by atoms with van der Waals surface area (Å²) in [6, 6.07) is 10.2. The van der Waals surface area contributed by atoms with Gasteiger partial charge in [0, 0.05) is 36.0 Å². The van der Waals surface area contributed by atoms with E-state index in [0.29, 0.717) is 5.69 Å². The van der Waals surface area contributed by atoms with Gasteiger partial charge in [0.2, 0.25) is 0 Å². The molecule has 0 atom stereocenters. The number of nitrogens with zero attached hydrogens (tertiary/aromatic N) is 2. The lowest BCUT2D eigenvalue weighted by atomic mass is 10.2. The molecule has 2 heterocycles. The summed E-state index contributed by atoms with van der Waals surface area (Å²) >= 11 is 0. The molecule has 3 N–H and O–H groups in total. The zero-order valence-electron chi connectivity index (χ0n) is 11.4. The van der Waals surface area contributed by atoms with E-state index in [9.17, 15) is 9.90 Å². The number of rotatable bonds is 2. The van der Waals surface area contributed by atoms with Crippen LogP contribution < -0.4 is 10.6 Å². The largest absolute Gasteiger partial charge is 0.504 e. The molecule has 0 aliphatic carbocycles. The van der Waals surface area contributed by atoms with Gasteiger partial charge in [-0.25, -0.2) is 9.78 Å². The maximum Gasteiger partial charge on any atom is 0.324 e. The van der Waals surface area contributed by atoms with Gasteiger partial charge in [-0.2, -0.15) is 0 Å². The molecule has 0 spiro atoms. The Bertz CT molecular complexity index is 810. The maximum atomic E-state index is 11.9. The number of aromatic nitrogens is 2. The van der Waals surface area contributed by atoms with E-state index in [1.807, 2.05) is 42.1 Å². The van der Waals surface area contributed by atoms with E-state index < -0.39 is 6.03 Å². The van der Waals surface area contributed by atoms with Gasteiger partial charge < -0.3 is 15.0 Å². The predicted octanol–water partition coefficient (Wildman–Crippen LogP) is 2.92. The molecule has 3 aromatic rings. The highest BCUT2D eigenvalue weighted by molar-refractivity contribution is 6.01. The van der Waals surface area contributed by atoms with Crippen molar-refractivity contribution in [3.05, 3.63) is 48.8 Å². The molecule has 1 aromatic carbocycles. The normalized spacial score (nSPS) is 10.5. The molecule has 0 bridgehead atoms. The number of carbonyl (C=O) groups is 1. The molecule has 0 radical (unpaired) electrons. The highest BCUT2D eigenvalue weighted by Gasteiger charge is 2.08. The smallest absolute Gasteiger partial charge is 0.324 e. The second kappa shape index (κ2) is 5.16. The maximum absolute atomic E-state index is 11.9. The Morgan fingerprint density at radius 1 is 1.24 bits per heavy atom. The van der Waals surface area contributed by atoms with Crippen molar-refractivity contribution in [2.45, 2.75) is 0 Å². The van der Waals surface area contributed by atoms with Gasteiger partial charge in [-0.3, -0.25) is 5.32 Å². The molecule has 21 heavy (non-hydrogen) atoms. The first kappa shape index (κ1) is 13.0. The standard InChI is InChI=1S/C15H14N4O2/c1-19-8-6-10-9-11(4-5-12(10)19)17-15(21)18-14-13(20)3-2-7-16-14/h2-9,20H,1H3,(H2,16,17,18,21). The molecule has 2 amide bonds. The minimum atomic E-state index is -0.459. The zero-order chi connectivity index (χ0) is 14.8. The van der Waals surface area contributed by atoms with Crippen molar-refractivity contribution >= 4 is 28.4 Å². The molecular weight excluding hydrogens is 268 g/mol. The monoisotopic (exact) mass is 282 g/mol. The number of pyridine rings is 1. The highest BCUT2D eigenvalue weighted by Crippen LogP contribution is 2.21. The fourth-order valence-electron chi connectivity index (χ4n) is 2.12. The molecule has 0 saturated carbocycles. The fraction of sp³-hybridized carbons (Fsp3) is 0.0667. The molecule has 0 saturated heterocycles. The molecule has 0 aliphatic heterocycles. The Hall–Kier alpha value is -3.02. The van der Waals surface area contributed by atoms with E-state index in [2.05, 4.69) is 15.6 Å². The van der Waals surface area contributed by atoms with Crippen molar-refractivity contribution in [3.8, 4) is 5.75 Å². The number of nitrogens with one attached hydrogen (secondary N) is 2. The van der Waals surface area contributed by atoms with Crippen molar-refractivity contribution < 1.29 is 9.90 Å². The van der Waals surface area contributed by atoms with Crippen LogP contribution in [0.25, 0.3) is 10.9 Å². The van der Waals surface area contributed by atoms with Gasteiger partial charge in [-0.15, -0.1) is 0 Å². The molecule has 106 valence electrons. The highest BCUT2D eigenvalue weighted by atomic mass is 16.3. The lowest BCUT2D eigenvalue weighted by molar-refractivity contribution is 0.262. The summed E-state index contributed by atoms with van der Waals surface area (Å²) in [7, 11) is 1.96. The van der Waals surface area contributed by atoms with Crippen LogP contribution in [0.1, 0.15) is 0 Å². The molecule has 3 rings (SSSR count). The van der Waals surface area contributed by atoms with Crippen LogP contribution in [0.5, 0.6) is 5.75 Å². The molecule has 0 aliphatic rings. The van der Waals surface area contributed by atoms with E-state index in [4.69, 9.17) is 0 Å². The van der Waals surface area contributed by atoms with Crippen LogP contribution in [0.15, 0.2) is 48.8 Å². The summed E-state index contributed by atoms with van der Waals surface area (Å²) in [4.78, 5) is 15.8. The quantitative estimate of drug-likeness (QED) is 0.676. The van der Waals surface area contributed by atoms with E-state index in [1.54, 1.807) is 6.07 Å². The van der Waals surface area contributed by atoms with Crippen LogP contribution in [0.2, 0.25) is 0 Å². The number of anilines is 2. The molecular formula is C15H14N4O2. The third-order valence-electron chi connectivity index (χ3n) is 3.16. The molecule has 2 aromatic heterocycles. The van der Waals surface area contributed by atoms with E-state index >= 15 is 0 Å². The molecule has 0 fully saturated rings. The van der Waals surface area contributed by atoms with Crippen molar-refractivity contribution in [1.29, 1.82) is 0 Å². The van der Waals surface area contributed by atoms with Gasteiger partial charge in [0.1, 0.15) is 0 Å². The fourth-order valence-corrected chi connectivity index (χ4v) is 2.12. The Morgan fingerprint density at radius 2 is 2.10 bits per heavy atom. The topological polar surface area (TPSA) is 79.2 Å². The Balaban J connectivity index is 1.75. The lowest BCUT2D eigenvalue weighted by Gasteiger charge is -2.08. The third-order valence-corrected chi connectivity index (χ3v) is 3.16. The van der Waals surface area contributed by atoms with Gasteiger partial charge in [0.15, 0.2) is 11.6 Å². The van der Waals surface area contributed by atoms with Crippen molar-refractivity contribution in [2.75, 3.05) is 10.6 Å². The van der Waals surface area contributed by atoms with E-state index in [1.165, 1.54) is 12.3 Å². The molecule has 0 unspecified atom stereocenters. The number of hydrogen-bond acceptors (Lipinski definition) is 3. The van der Waals surface area contributed by atoms with Crippen molar-refractivity contribution in [3.63, 3.8) is 0 Å². The lowest BCUT2D eigenvalue weighted by Crippen LogP contribution is -2.20. The van der Waals surface area contributed by atoms with Gasteiger partial charge in [0.05, 0.1) is 0 Å². The zero-order valence-corrected chi connectivity index (χ0v) is 11.4. The van der Waals surface area contributed by atoms with Crippen LogP contribution in [0.3, 0.4) is 0 Å².